The number of fused-ring (bicyclic) bond motifs is 1. The first kappa shape index (κ1) is 18.5. The molecule has 4 nitrogen and oxygen atoms in total. The van der Waals surface area contributed by atoms with Gasteiger partial charge in [-0.05, 0) is 75.3 Å². The van der Waals surface area contributed by atoms with Gasteiger partial charge in [-0.25, -0.2) is 0 Å². The summed E-state index contributed by atoms with van der Waals surface area (Å²) in [6.07, 6.45) is 0.807. The Morgan fingerprint density at radius 3 is 2.69 bits per heavy atom. The van der Waals surface area contributed by atoms with E-state index in [-0.39, 0.29) is 11.6 Å². The average molecular weight is 371 g/mol. The predicted octanol–water partition coefficient (Wildman–Crippen LogP) is 4.90. The highest BCUT2D eigenvalue weighted by Crippen LogP contribution is 2.41. The predicted molar refractivity (Wildman–Crippen MR) is 110 cm³/mol. The topological polar surface area (TPSA) is 42.5 Å². The van der Waals surface area contributed by atoms with Crippen molar-refractivity contribution < 1.29 is 9.47 Å². The third kappa shape index (κ3) is 4.10. The van der Waals surface area contributed by atoms with Crippen molar-refractivity contribution in [3.63, 3.8) is 0 Å². The van der Waals surface area contributed by atoms with Gasteiger partial charge in [0.2, 0.25) is 0 Å². The molecule has 0 aromatic heterocycles. The van der Waals surface area contributed by atoms with Gasteiger partial charge in [0.05, 0.1) is 13.2 Å². The minimum Gasteiger partial charge on any atom is -0.497 e. The smallest absolute Gasteiger partial charge is 0.171 e. The van der Waals surface area contributed by atoms with Crippen LogP contribution in [0.2, 0.25) is 0 Å². The Hall–Kier alpha value is -2.27. The summed E-state index contributed by atoms with van der Waals surface area (Å²) >= 11 is 5.59. The van der Waals surface area contributed by atoms with Crippen LogP contribution in [0.3, 0.4) is 0 Å². The number of hydrogen-bond donors (Lipinski definition) is 2. The number of hydrogen-bond acceptors (Lipinski definition) is 3. The molecular weight excluding hydrogens is 344 g/mol. The van der Waals surface area contributed by atoms with Gasteiger partial charge in [-0.15, -0.1) is 0 Å². The fourth-order valence-electron chi connectivity index (χ4n) is 3.28. The van der Waals surface area contributed by atoms with Gasteiger partial charge in [0.25, 0.3) is 0 Å². The van der Waals surface area contributed by atoms with Gasteiger partial charge in [-0.2, -0.15) is 0 Å². The van der Waals surface area contributed by atoms with E-state index in [9.17, 15) is 0 Å². The van der Waals surface area contributed by atoms with Crippen LogP contribution >= 0.6 is 12.2 Å². The van der Waals surface area contributed by atoms with Crippen LogP contribution in [0, 0.1) is 13.8 Å². The normalized spacial score (nSPS) is 17.7. The van der Waals surface area contributed by atoms with Crippen molar-refractivity contribution in [1.29, 1.82) is 0 Å². The molecular formula is C21H26N2O2S. The molecule has 2 N–H and O–H groups in total. The number of benzene rings is 2. The molecule has 1 heterocycles. The SMILES string of the molecule is COc1ccc2c(c1)[C@@H](NC(=S)Nc1cc(C)ccc1C)CC(C)(C)O2. The van der Waals surface area contributed by atoms with E-state index >= 15 is 0 Å². The van der Waals surface area contributed by atoms with Crippen LogP contribution in [0.25, 0.3) is 0 Å². The fourth-order valence-corrected chi connectivity index (χ4v) is 3.53. The first-order valence-electron chi connectivity index (χ1n) is 8.79. The van der Waals surface area contributed by atoms with Gasteiger partial charge in [0, 0.05) is 17.7 Å². The third-order valence-electron chi connectivity index (χ3n) is 4.62. The van der Waals surface area contributed by atoms with Crippen molar-refractivity contribution in [3.05, 3.63) is 53.1 Å². The van der Waals surface area contributed by atoms with E-state index in [1.807, 2.05) is 18.2 Å². The molecule has 3 rings (SSSR count). The van der Waals surface area contributed by atoms with E-state index in [0.717, 1.165) is 34.7 Å². The Bertz CT molecular complexity index is 833. The number of anilines is 1. The quantitative estimate of drug-likeness (QED) is 0.752. The molecule has 0 aliphatic carbocycles. The number of thiocarbonyl (C=S) groups is 1. The van der Waals surface area contributed by atoms with Crippen molar-refractivity contribution in [1.82, 2.24) is 5.32 Å². The molecule has 26 heavy (non-hydrogen) atoms. The molecule has 0 saturated heterocycles. The van der Waals surface area contributed by atoms with Gasteiger partial charge in [-0.1, -0.05) is 12.1 Å². The number of rotatable bonds is 3. The average Bonchev–Trinajstić information content (AvgIpc) is 2.57. The Morgan fingerprint density at radius 2 is 1.96 bits per heavy atom. The molecule has 5 heteroatoms. The summed E-state index contributed by atoms with van der Waals surface area (Å²) in [6.45, 7) is 8.33. The summed E-state index contributed by atoms with van der Waals surface area (Å²) in [5.74, 6) is 1.68. The maximum absolute atomic E-state index is 6.12. The largest absolute Gasteiger partial charge is 0.497 e. The molecule has 0 radical (unpaired) electrons. The van der Waals surface area contributed by atoms with E-state index in [1.165, 1.54) is 5.56 Å². The number of ether oxygens (including phenoxy) is 2. The lowest BCUT2D eigenvalue weighted by Crippen LogP contribution is -2.42. The van der Waals surface area contributed by atoms with Gasteiger partial charge in [-0.3, -0.25) is 0 Å². The Kier molecular flexibility index (Phi) is 5.10. The highest BCUT2D eigenvalue weighted by atomic mass is 32.1. The summed E-state index contributed by atoms with van der Waals surface area (Å²) < 4.78 is 11.5. The monoisotopic (exact) mass is 370 g/mol. The van der Waals surface area contributed by atoms with Gasteiger partial charge in [0.15, 0.2) is 5.11 Å². The number of nitrogens with one attached hydrogen (secondary N) is 2. The second kappa shape index (κ2) is 7.16. The van der Waals surface area contributed by atoms with Crippen molar-refractivity contribution >= 4 is 23.0 Å². The molecule has 1 atom stereocenters. The van der Waals surface area contributed by atoms with Gasteiger partial charge >= 0.3 is 0 Å². The molecule has 2 aromatic rings. The standard InChI is InChI=1S/C21H26N2O2S/c1-13-6-7-14(2)17(10-13)22-20(26)23-18-12-21(3,4)25-19-9-8-15(24-5)11-16(18)19/h6-11,18H,12H2,1-5H3,(H2,22,23,26)/t18-/m0/s1. The lowest BCUT2D eigenvalue weighted by molar-refractivity contribution is 0.0695. The van der Waals surface area contributed by atoms with E-state index in [1.54, 1.807) is 7.11 Å². The summed E-state index contributed by atoms with van der Waals surface area (Å²) in [7, 11) is 1.67. The highest BCUT2D eigenvalue weighted by Gasteiger charge is 2.34. The zero-order valence-electron chi connectivity index (χ0n) is 16.0. The molecule has 0 fully saturated rings. The third-order valence-corrected chi connectivity index (χ3v) is 4.84. The van der Waals surface area contributed by atoms with Crippen molar-refractivity contribution in [2.45, 2.75) is 45.8 Å². The first-order chi connectivity index (χ1) is 12.3. The minimum absolute atomic E-state index is 0.0500. The first-order valence-corrected chi connectivity index (χ1v) is 9.20. The maximum Gasteiger partial charge on any atom is 0.171 e. The van der Waals surface area contributed by atoms with Crippen LogP contribution in [0.5, 0.6) is 11.5 Å². The summed E-state index contributed by atoms with van der Waals surface area (Å²) in [4.78, 5) is 0. The molecule has 1 aliphatic heterocycles. The summed E-state index contributed by atoms with van der Waals surface area (Å²) in [6, 6.07) is 12.2. The van der Waals surface area contributed by atoms with Crippen molar-refractivity contribution in [2.75, 3.05) is 12.4 Å². The molecule has 0 saturated carbocycles. The van der Waals surface area contributed by atoms with Crippen LogP contribution < -0.4 is 20.1 Å². The van der Waals surface area contributed by atoms with Crippen molar-refractivity contribution in [2.24, 2.45) is 0 Å². The van der Waals surface area contributed by atoms with Gasteiger partial charge < -0.3 is 20.1 Å². The number of methoxy groups -OCH3 is 1. The molecule has 0 amide bonds. The molecule has 0 spiro atoms. The summed E-state index contributed by atoms with van der Waals surface area (Å²) in [5, 5.41) is 7.40. The molecule has 138 valence electrons. The highest BCUT2D eigenvalue weighted by molar-refractivity contribution is 7.80. The van der Waals surface area contributed by atoms with Crippen molar-refractivity contribution in [3.8, 4) is 11.5 Å². The zero-order chi connectivity index (χ0) is 18.9. The molecule has 1 aliphatic rings. The second-order valence-corrected chi connectivity index (χ2v) is 7.85. The Morgan fingerprint density at radius 1 is 1.19 bits per heavy atom. The van der Waals surface area contributed by atoms with Crippen LogP contribution in [0.1, 0.15) is 43.0 Å². The fraction of sp³-hybridized carbons (Fsp3) is 0.381. The number of aryl methyl sites for hydroxylation is 2. The van der Waals surface area contributed by atoms with Crippen LogP contribution in [0.4, 0.5) is 5.69 Å². The van der Waals surface area contributed by atoms with Crippen LogP contribution in [-0.4, -0.2) is 17.8 Å². The zero-order valence-corrected chi connectivity index (χ0v) is 16.8. The van der Waals surface area contributed by atoms with E-state index < -0.39 is 0 Å². The Labute approximate surface area is 160 Å². The van der Waals surface area contributed by atoms with E-state index in [2.05, 4.69) is 56.5 Å². The lowest BCUT2D eigenvalue weighted by atomic mass is 9.89. The second-order valence-electron chi connectivity index (χ2n) is 7.44. The molecule has 0 bridgehead atoms. The van der Waals surface area contributed by atoms with Crippen LogP contribution in [-0.2, 0) is 0 Å². The Balaban J connectivity index is 1.82. The lowest BCUT2D eigenvalue weighted by Gasteiger charge is -2.38. The molecule has 2 aromatic carbocycles. The van der Waals surface area contributed by atoms with E-state index in [4.69, 9.17) is 21.7 Å². The van der Waals surface area contributed by atoms with Crippen LogP contribution in [0.15, 0.2) is 36.4 Å². The maximum atomic E-state index is 6.12. The minimum atomic E-state index is -0.270. The summed E-state index contributed by atoms with van der Waals surface area (Å²) in [5.41, 5.74) is 4.18. The van der Waals surface area contributed by atoms with E-state index in [0.29, 0.717) is 5.11 Å². The molecule has 0 unspecified atom stereocenters. The van der Waals surface area contributed by atoms with Gasteiger partial charge in [0.1, 0.15) is 17.1 Å².